The highest BCUT2D eigenvalue weighted by Gasteiger charge is 2.02. The number of hydrogen-bond donors (Lipinski definition) is 2. The lowest BCUT2D eigenvalue weighted by atomic mass is 10.1. The second-order valence-corrected chi connectivity index (χ2v) is 4.86. The van der Waals surface area contributed by atoms with Crippen molar-refractivity contribution in [3.63, 3.8) is 0 Å². The van der Waals surface area contributed by atoms with Gasteiger partial charge in [0.15, 0.2) is 0 Å². The van der Waals surface area contributed by atoms with Crippen molar-refractivity contribution < 1.29 is 0 Å². The van der Waals surface area contributed by atoms with E-state index in [4.69, 9.17) is 5.73 Å². The van der Waals surface area contributed by atoms with Crippen molar-refractivity contribution in [2.75, 3.05) is 11.9 Å². The number of nitrogens with zero attached hydrogens (tertiary/aromatic N) is 2. The first kappa shape index (κ1) is 14.5. The average Bonchev–Trinajstić information content (AvgIpc) is 2.45. The van der Waals surface area contributed by atoms with Gasteiger partial charge in [-0.1, -0.05) is 19.1 Å². The van der Waals surface area contributed by atoms with Crippen LogP contribution in [0, 0.1) is 6.92 Å². The Morgan fingerprint density at radius 1 is 1.20 bits per heavy atom. The van der Waals surface area contributed by atoms with Gasteiger partial charge in [0.2, 0.25) is 0 Å². The van der Waals surface area contributed by atoms with Crippen LogP contribution < -0.4 is 11.1 Å². The van der Waals surface area contributed by atoms with Crippen molar-refractivity contribution in [1.82, 2.24) is 9.97 Å². The fourth-order valence-electron chi connectivity index (χ4n) is 2.13. The minimum Gasteiger partial charge on any atom is -0.340 e. The molecule has 0 unspecified atom stereocenters. The topological polar surface area (TPSA) is 63.8 Å². The Kier molecular flexibility index (Phi) is 5.07. The number of aryl methyl sites for hydroxylation is 3. The lowest BCUT2D eigenvalue weighted by molar-refractivity contribution is 0.833. The molecule has 2 rings (SSSR count). The molecule has 2 aromatic rings. The van der Waals surface area contributed by atoms with E-state index in [1.54, 1.807) is 0 Å². The van der Waals surface area contributed by atoms with Crippen molar-refractivity contribution in [2.45, 2.75) is 33.1 Å². The number of rotatable bonds is 6. The molecule has 3 N–H and O–H groups in total. The maximum Gasteiger partial charge on any atom is 0.134 e. The zero-order valence-corrected chi connectivity index (χ0v) is 12.2. The van der Waals surface area contributed by atoms with E-state index in [1.165, 1.54) is 5.56 Å². The van der Waals surface area contributed by atoms with E-state index in [0.29, 0.717) is 0 Å². The Morgan fingerprint density at radius 3 is 2.80 bits per heavy atom. The summed E-state index contributed by atoms with van der Waals surface area (Å²) in [5, 5.41) is 3.35. The molecule has 4 nitrogen and oxygen atoms in total. The van der Waals surface area contributed by atoms with Gasteiger partial charge in [-0.05, 0) is 50.4 Å². The number of hydrogen-bond acceptors (Lipinski definition) is 4. The minimum absolute atomic E-state index is 0.725. The zero-order valence-electron chi connectivity index (χ0n) is 12.2. The fourth-order valence-corrected chi connectivity index (χ4v) is 2.13. The molecule has 0 bridgehead atoms. The van der Waals surface area contributed by atoms with Gasteiger partial charge in [-0.3, -0.25) is 0 Å². The number of nitrogens with two attached hydrogens (primary N) is 1. The van der Waals surface area contributed by atoms with E-state index in [2.05, 4.69) is 46.5 Å². The largest absolute Gasteiger partial charge is 0.340 e. The van der Waals surface area contributed by atoms with Gasteiger partial charge in [0, 0.05) is 17.4 Å². The third-order valence-electron chi connectivity index (χ3n) is 3.12. The standard InChI is InChI=1S/C16H22N4/c1-3-14-11-16(19-12(2)18-14)20-15-8-4-6-13(10-15)7-5-9-17/h4,6,8,10-11H,3,5,7,9,17H2,1-2H3,(H,18,19,20). The van der Waals surface area contributed by atoms with Crippen molar-refractivity contribution >= 4 is 11.5 Å². The minimum atomic E-state index is 0.725. The van der Waals surface area contributed by atoms with Gasteiger partial charge in [0.25, 0.3) is 0 Å². The molecule has 0 atom stereocenters. The lowest BCUT2D eigenvalue weighted by Gasteiger charge is -2.09. The Bertz CT molecular complexity index is 566. The van der Waals surface area contributed by atoms with Crippen LogP contribution in [-0.4, -0.2) is 16.5 Å². The van der Waals surface area contributed by atoms with Crippen LogP contribution in [0.3, 0.4) is 0 Å². The van der Waals surface area contributed by atoms with E-state index in [0.717, 1.165) is 48.8 Å². The first-order valence-electron chi connectivity index (χ1n) is 7.12. The monoisotopic (exact) mass is 270 g/mol. The van der Waals surface area contributed by atoms with Gasteiger partial charge in [-0.25, -0.2) is 9.97 Å². The molecule has 0 spiro atoms. The smallest absolute Gasteiger partial charge is 0.134 e. The van der Waals surface area contributed by atoms with Gasteiger partial charge in [0.05, 0.1) is 0 Å². The van der Waals surface area contributed by atoms with Crippen LogP contribution in [0.4, 0.5) is 11.5 Å². The third-order valence-corrected chi connectivity index (χ3v) is 3.12. The molecular weight excluding hydrogens is 248 g/mol. The third kappa shape index (κ3) is 4.03. The van der Waals surface area contributed by atoms with E-state index >= 15 is 0 Å². The first-order valence-corrected chi connectivity index (χ1v) is 7.12. The van der Waals surface area contributed by atoms with E-state index in [-0.39, 0.29) is 0 Å². The van der Waals surface area contributed by atoms with E-state index in [1.807, 2.05) is 13.0 Å². The van der Waals surface area contributed by atoms with Crippen LogP contribution in [0.1, 0.15) is 30.4 Å². The zero-order chi connectivity index (χ0) is 14.4. The predicted octanol–water partition coefficient (Wildman–Crippen LogP) is 2.98. The molecule has 0 aliphatic rings. The molecule has 0 radical (unpaired) electrons. The highest BCUT2D eigenvalue weighted by Crippen LogP contribution is 2.18. The summed E-state index contributed by atoms with van der Waals surface area (Å²) in [5.41, 5.74) is 8.96. The molecule has 0 aliphatic carbocycles. The van der Waals surface area contributed by atoms with Crippen LogP contribution in [0.5, 0.6) is 0 Å². The molecule has 1 aromatic heterocycles. The lowest BCUT2D eigenvalue weighted by Crippen LogP contribution is -2.02. The molecule has 20 heavy (non-hydrogen) atoms. The fraction of sp³-hybridized carbons (Fsp3) is 0.375. The van der Waals surface area contributed by atoms with E-state index < -0.39 is 0 Å². The average molecular weight is 270 g/mol. The Labute approximate surface area is 120 Å². The van der Waals surface area contributed by atoms with Crippen LogP contribution in [0.2, 0.25) is 0 Å². The van der Waals surface area contributed by atoms with Crippen molar-refractivity contribution in [3.8, 4) is 0 Å². The van der Waals surface area contributed by atoms with Crippen molar-refractivity contribution in [3.05, 3.63) is 47.4 Å². The van der Waals surface area contributed by atoms with E-state index in [9.17, 15) is 0 Å². The molecule has 0 saturated heterocycles. The summed E-state index contributed by atoms with van der Waals surface area (Å²) in [4.78, 5) is 8.81. The molecule has 1 heterocycles. The SMILES string of the molecule is CCc1cc(Nc2cccc(CCCN)c2)nc(C)n1. The number of benzene rings is 1. The normalized spacial score (nSPS) is 10.6. The maximum atomic E-state index is 5.55. The summed E-state index contributed by atoms with van der Waals surface area (Å²) in [6, 6.07) is 10.4. The van der Waals surface area contributed by atoms with Gasteiger partial charge in [-0.15, -0.1) is 0 Å². The molecule has 0 amide bonds. The van der Waals surface area contributed by atoms with Crippen LogP contribution >= 0.6 is 0 Å². The summed E-state index contributed by atoms with van der Waals surface area (Å²) >= 11 is 0. The van der Waals surface area contributed by atoms with Crippen molar-refractivity contribution in [1.29, 1.82) is 0 Å². The number of aromatic nitrogens is 2. The molecular formula is C16H22N4. The van der Waals surface area contributed by atoms with Crippen molar-refractivity contribution in [2.24, 2.45) is 5.73 Å². The number of nitrogens with one attached hydrogen (secondary N) is 1. The van der Waals surface area contributed by atoms with Gasteiger partial charge < -0.3 is 11.1 Å². The molecule has 106 valence electrons. The highest BCUT2D eigenvalue weighted by atomic mass is 15.0. The van der Waals surface area contributed by atoms with Crippen LogP contribution in [0.15, 0.2) is 30.3 Å². The molecule has 0 fully saturated rings. The molecule has 4 heteroatoms. The molecule has 1 aromatic carbocycles. The summed E-state index contributed by atoms with van der Waals surface area (Å²) in [6.07, 6.45) is 2.93. The van der Waals surface area contributed by atoms with Crippen LogP contribution in [0.25, 0.3) is 0 Å². The first-order chi connectivity index (χ1) is 9.71. The number of anilines is 2. The summed E-state index contributed by atoms with van der Waals surface area (Å²) < 4.78 is 0. The quantitative estimate of drug-likeness (QED) is 0.847. The predicted molar refractivity (Wildman–Crippen MR) is 83.2 cm³/mol. The maximum absolute atomic E-state index is 5.55. The Hall–Kier alpha value is -1.94. The molecule has 0 saturated carbocycles. The van der Waals surface area contributed by atoms with Gasteiger partial charge >= 0.3 is 0 Å². The van der Waals surface area contributed by atoms with Gasteiger partial charge in [-0.2, -0.15) is 0 Å². The summed E-state index contributed by atoms with van der Waals surface area (Å²) in [7, 11) is 0. The van der Waals surface area contributed by atoms with Crippen LogP contribution in [-0.2, 0) is 12.8 Å². The Balaban J connectivity index is 2.15. The molecule has 0 aliphatic heterocycles. The summed E-state index contributed by atoms with van der Waals surface area (Å²) in [5.74, 6) is 1.65. The summed E-state index contributed by atoms with van der Waals surface area (Å²) in [6.45, 7) is 4.74. The Morgan fingerprint density at radius 2 is 2.05 bits per heavy atom. The second kappa shape index (κ2) is 7.01. The van der Waals surface area contributed by atoms with Gasteiger partial charge in [0.1, 0.15) is 11.6 Å². The second-order valence-electron chi connectivity index (χ2n) is 4.86. The highest BCUT2D eigenvalue weighted by molar-refractivity contribution is 5.57.